The summed E-state index contributed by atoms with van der Waals surface area (Å²) >= 11 is 11.8. The van der Waals surface area contributed by atoms with E-state index in [0.29, 0.717) is 10.6 Å². The van der Waals surface area contributed by atoms with Crippen molar-refractivity contribution in [2.45, 2.75) is 6.18 Å². The van der Waals surface area contributed by atoms with Crippen molar-refractivity contribution in [3.63, 3.8) is 0 Å². The van der Waals surface area contributed by atoms with Gasteiger partial charge < -0.3 is 4.98 Å². The molecule has 1 aromatic heterocycles. The van der Waals surface area contributed by atoms with Crippen LogP contribution in [0.15, 0.2) is 41.4 Å². The number of carbonyl (C=O) groups excluding carboxylic acids is 1. The number of aromatic amines is 1. The van der Waals surface area contributed by atoms with Crippen LogP contribution < -0.4 is 4.90 Å². The van der Waals surface area contributed by atoms with Crippen LogP contribution in [0.5, 0.6) is 0 Å². The van der Waals surface area contributed by atoms with E-state index in [1.165, 1.54) is 6.07 Å². The van der Waals surface area contributed by atoms with Crippen molar-refractivity contribution in [2.24, 2.45) is 0 Å². The highest BCUT2D eigenvalue weighted by molar-refractivity contribution is 8.27. The van der Waals surface area contributed by atoms with Gasteiger partial charge in [-0.2, -0.15) is 13.2 Å². The van der Waals surface area contributed by atoms with Crippen LogP contribution in [0.3, 0.4) is 0 Å². The van der Waals surface area contributed by atoms with Crippen molar-refractivity contribution in [3.8, 4) is 0 Å². The van der Waals surface area contributed by atoms with Crippen LogP contribution in [0, 0.1) is 0 Å². The Kier molecular flexibility index (Phi) is 4.46. The number of carbonyl (C=O) groups is 1. The molecule has 0 radical (unpaired) electrons. The van der Waals surface area contributed by atoms with Gasteiger partial charge in [-0.3, -0.25) is 9.69 Å². The average molecular weight is 389 g/mol. The summed E-state index contributed by atoms with van der Waals surface area (Å²) in [6, 6.07) is 6.79. The van der Waals surface area contributed by atoms with Crippen LogP contribution in [0.2, 0.25) is 5.02 Å². The van der Waals surface area contributed by atoms with Gasteiger partial charge in [-0.05, 0) is 36.4 Å². The number of rotatable bonds is 2. The Bertz CT molecular complexity index is 847. The summed E-state index contributed by atoms with van der Waals surface area (Å²) in [6.45, 7) is 0. The predicted octanol–water partition coefficient (Wildman–Crippen LogP) is 5.09. The Morgan fingerprint density at radius 3 is 2.67 bits per heavy atom. The van der Waals surface area contributed by atoms with Crippen molar-refractivity contribution in [1.82, 2.24) is 4.98 Å². The molecule has 2 heterocycles. The SMILES string of the molecule is O=C1C(=Cc2ccc[nH]2)SC(=S)N1c1ccc(Cl)c(C(F)(F)F)c1. The highest BCUT2D eigenvalue weighted by atomic mass is 35.5. The molecule has 1 aromatic carbocycles. The topological polar surface area (TPSA) is 36.1 Å². The van der Waals surface area contributed by atoms with Gasteiger partial charge >= 0.3 is 6.18 Å². The fourth-order valence-corrected chi connectivity index (χ4v) is 3.65. The van der Waals surface area contributed by atoms with Crippen LogP contribution in [0.25, 0.3) is 6.08 Å². The minimum Gasteiger partial charge on any atom is -0.362 e. The fraction of sp³-hybridized carbons (Fsp3) is 0.0667. The van der Waals surface area contributed by atoms with Gasteiger partial charge in [0.15, 0.2) is 4.32 Å². The van der Waals surface area contributed by atoms with E-state index in [-0.39, 0.29) is 10.0 Å². The van der Waals surface area contributed by atoms with Gasteiger partial charge in [0.05, 0.1) is 21.2 Å². The molecule has 0 bridgehead atoms. The summed E-state index contributed by atoms with van der Waals surface area (Å²) in [5.74, 6) is -0.477. The first-order valence-electron chi connectivity index (χ1n) is 6.55. The smallest absolute Gasteiger partial charge is 0.362 e. The summed E-state index contributed by atoms with van der Waals surface area (Å²) in [5, 5.41) is -0.432. The Morgan fingerprint density at radius 2 is 2.04 bits per heavy atom. The molecule has 1 aliphatic heterocycles. The van der Waals surface area contributed by atoms with Crippen LogP contribution in [0.4, 0.5) is 18.9 Å². The van der Waals surface area contributed by atoms with Gasteiger partial charge in [-0.15, -0.1) is 0 Å². The zero-order chi connectivity index (χ0) is 17.5. The number of aromatic nitrogens is 1. The van der Waals surface area contributed by atoms with E-state index >= 15 is 0 Å². The number of benzene rings is 1. The Labute approximate surface area is 149 Å². The molecule has 0 aliphatic carbocycles. The number of nitrogens with one attached hydrogen (secondary N) is 1. The second kappa shape index (κ2) is 6.27. The Balaban J connectivity index is 1.98. The third-order valence-corrected chi connectivity index (χ3v) is 4.85. The first-order chi connectivity index (χ1) is 11.3. The van der Waals surface area contributed by atoms with E-state index in [1.54, 1.807) is 24.4 Å². The number of alkyl halides is 3. The molecule has 9 heteroatoms. The van der Waals surface area contributed by atoms with Crippen molar-refractivity contribution in [3.05, 3.63) is 57.7 Å². The van der Waals surface area contributed by atoms with Crippen molar-refractivity contribution in [1.29, 1.82) is 0 Å². The number of nitrogens with zero attached hydrogens (tertiary/aromatic N) is 1. The maximum atomic E-state index is 13.0. The molecule has 2 aromatic rings. The molecule has 1 fully saturated rings. The summed E-state index contributed by atoms with van der Waals surface area (Å²) in [4.78, 5) is 16.8. The molecule has 0 saturated carbocycles. The Hall–Kier alpha value is -1.77. The van der Waals surface area contributed by atoms with Gasteiger partial charge in [0.25, 0.3) is 5.91 Å². The van der Waals surface area contributed by atoms with Gasteiger partial charge in [0.2, 0.25) is 0 Å². The van der Waals surface area contributed by atoms with E-state index in [2.05, 4.69) is 4.98 Å². The zero-order valence-corrected chi connectivity index (χ0v) is 14.1. The summed E-state index contributed by atoms with van der Waals surface area (Å²) in [5.41, 5.74) is -0.282. The molecule has 1 N–H and O–H groups in total. The van der Waals surface area contributed by atoms with E-state index < -0.39 is 22.7 Å². The number of thiocarbonyl (C=S) groups is 1. The van der Waals surface area contributed by atoms with Crippen LogP contribution in [-0.2, 0) is 11.0 Å². The third kappa shape index (κ3) is 3.22. The number of anilines is 1. The van der Waals surface area contributed by atoms with Crippen molar-refractivity contribution >= 4 is 57.6 Å². The second-order valence-electron chi connectivity index (χ2n) is 4.80. The van der Waals surface area contributed by atoms with E-state index in [9.17, 15) is 18.0 Å². The predicted molar refractivity (Wildman–Crippen MR) is 92.9 cm³/mol. The summed E-state index contributed by atoms with van der Waals surface area (Å²) in [6.07, 6.45) is -1.32. The standard InChI is InChI=1S/C15H8ClF3N2OS2/c16-11-4-3-9(7-10(11)15(17,18)19)21-13(22)12(24-14(21)23)6-8-2-1-5-20-8/h1-7,20H. The average Bonchev–Trinajstić information content (AvgIpc) is 3.08. The largest absolute Gasteiger partial charge is 0.417 e. The van der Waals surface area contributed by atoms with Crippen LogP contribution in [-0.4, -0.2) is 15.2 Å². The van der Waals surface area contributed by atoms with Gasteiger partial charge in [-0.25, -0.2) is 0 Å². The minimum absolute atomic E-state index is 0.0316. The molecule has 24 heavy (non-hydrogen) atoms. The minimum atomic E-state index is -4.62. The van der Waals surface area contributed by atoms with E-state index in [1.807, 2.05) is 0 Å². The lowest BCUT2D eigenvalue weighted by atomic mass is 10.1. The first-order valence-corrected chi connectivity index (χ1v) is 8.16. The molecule has 1 saturated heterocycles. The zero-order valence-electron chi connectivity index (χ0n) is 11.7. The van der Waals surface area contributed by atoms with Gasteiger partial charge in [0.1, 0.15) is 0 Å². The number of thioether (sulfide) groups is 1. The maximum Gasteiger partial charge on any atom is 0.417 e. The van der Waals surface area contributed by atoms with Crippen molar-refractivity contribution in [2.75, 3.05) is 4.90 Å². The van der Waals surface area contributed by atoms with Crippen molar-refractivity contribution < 1.29 is 18.0 Å². The normalized spacial score (nSPS) is 17.2. The van der Waals surface area contributed by atoms with Crippen LogP contribution in [0.1, 0.15) is 11.3 Å². The molecule has 0 spiro atoms. The van der Waals surface area contributed by atoms with Gasteiger partial charge in [0, 0.05) is 11.9 Å². The lowest BCUT2D eigenvalue weighted by molar-refractivity contribution is -0.137. The number of hydrogen-bond acceptors (Lipinski definition) is 3. The molecule has 124 valence electrons. The second-order valence-corrected chi connectivity index (χ2v) is 6.89. The lowest BCUT2D eigenvalue weighted by Crippen LogP contribution is -2.27. The number of amides is 1. The number of H-pyrrole nitrogens is 1. The molecular formula is C15H8ClF3N2OS2. The molecule has 1 aliphatic rings. The molecule has 3 rings (SSSR count). The molecule has 0 atom stereocenters. The highest BCUT2D eigenvalue weighted by Gasteiger charge is 2.37. The fourth-order valence-electron chi connectivity index (χ4n) is 2.14. The van der Waals surface area contributed by atoms with Crippen LogP contribution >= 0.6 is 35.6 Å². The maximum absolute atomic E-state index is 13.0. The Morgan fingerprint density at radius 1 is 1.29 bits per heavy atom. The molecule has 1 amide bonds. The lowest BCUT2D eigenvalue weighted by Gasteiger charge is -2.17. The molecule has 3 nitrogen and oxygen atoms in total. The molecular weight excluding hydrogens is 381 g/mol. The summed E-state index contributed by atoms with van der Waals surface area (Å²) < 4.78 is 39.2. The summed E-state index contributed by atoms with van der Waals surface area (Å²) in [7, 11) is 0. The highest BCUT2D eigenvalue weighted by Crippen LogP contribution is 2.40. The third-order valence-electron chi connectivity index (χ3n) is 3.22. The number of hydrogen-bond donors (Lipinski definition) is 1. The monoisotopic (exact) mass is 388 g/mol. The number of halogens is 4. The quantitative estimate of drug-likeness (QED) is 0.575. The molecule has 0 unspecified atom stereocenters. The first kappa shape index (κ1) is 17.1. The van der Waals surface area contributed by atoms with E-state index in [0.717, 1.165) is 28.8 Å². The van der Waals surface area contributed by atoms with Gasteiger partial charge in [-0.1, -0.05) is 35.6 Å². The van der Waals surface area contributed by atoms with E-state index in [4.69, 9.17) is 23.8 Å².